The summed E-state index contributed by atoms with van der Waals surface area (Å²) in [5.74, 6) is 0.279. The average Bonchev–Trinajstić information content (AvgIpc) is 2.90. The minimum atomic E-state index is -0.724. The summed E-state index contributed by atoms with van der Waals surface area (Å²) in [7, 11) is 0. The molecule has 1 aliphatic rings. The van der Waals surface area contributed by atoms with E-state index in [1.165, 1.54) is 6.33 Å². The molecule has 2 aromatic rings. The van der Waals surface area contributed by atoms with Crippen molar-refractivity contribution >= 4 is 32.9 Å². The Hall–Kier alpha value is -1.29. The van der Waals surface area contributed by atoms with Crippen LogP contribution in [0.5, 0.6) is 0 Å². The van der Waals surface area contributed by atoms with Crippen molar-refractivity contribution in [1.82, 2.24) is 19.5 Å². The van der Waals surface area contributed by atoms with E-state index in [0.717, 1.165) is 0 Å². The van der Waals surface area contributed by atoms with Gasteiger partial charge in [0.15, 0.2) is 21.7 Å². The highest BCUT2D eigenvalue weighted by Gasteiger charge is 2.36. The highest BCUT2D eigenvalue weighted by atomic mass is 79.9. The summed E-state index contributed by atoms with van der Waals surface area (Å²) in [6.45, 7) is -0.237. The monoisotopic (exact) mass is 330 g/mol. The van der Waals surface area contributed by atoms with Gasteiger partial charge in [-0.2, -0.15) is 0 Å². The van der Waals surface area contributed by atoms with Gasteiger partial charge in [0.1, 0.15) is 18.7 Å². The number of imidazole rings is 1. The maximum atomic E-state index is 9.78. The first-order chi connectivity index (χ1) is 9.11. The molecule has 1 fully saturated rings. The third-order valence-corrected chi connectivity index (χ3v) is 3.69. The Labute approximate surface area is 116 Å². The van der Waals surface area contributed by atoms with Crippen molar-refractivity contribution in [1.29, 1.82) is 0 Å². The molecular weight excluding hydrogens is 318 g/mol. The van der Waals surface area contributed by atoms with Crippen molar-refractivity contribution in [3.63, 3.8) is 0 Å². The molecule has 0 bridgehead atoms. The van der Waals surface area contributed by atoms with E-state index in [1.54, 1.807) is 4.57 Å². The zero-order valence-corrected chi connectivity index (χ0v) is 11.4. The number of hydrogen-bond donors (Lipinski definition) is 3. The van der Waals surface area contributed by atoms with Gasteiger partial charge in [-0.1, -0.05) is 0 Å². The molecule has 9 heteroatoms. The zero-order valence-electron chi connectivity index (χ0n) is 9.77. The molecule has 0 radical (unpaired) electrons. The Morgan fingerprint density at radius 3 is 3.00 bits per heavy atom. The van der Waals surface area contributed by atoms with Crippen LogP contribution in [0.1, 0.15) is 12.6 Å². The molecule has 3 rings (SSSR count). The minimum absolute atomic E-state index is 0.237. The number of aliphatic hydroxyl groups excluding tert-OH is 2. The third-order valence-electron chi connectivity index (χ3n) is 3.13. The predicted octanol–water partition coefficient (Wildman–Crippen LogP) is -0.188. The van der Waals surface area contributed by atoms with Crippen LogP contribution < -0.4 is 5.73 Å². The van der Waals surface area contributed by atoms with Crippen LogP contribution in [0.3, 0.4) is 0 Å². The van der Waals surface area contributed by atoms with E-state index in [9.17, 15) is 5.11 Å². The van der Waals surface area contributed by atoms with Crippen molar-refractivity contribution in [2.24, 2.45) is 0 Å². The van der Waals surface area contributed by atoms with E-state index in [0.29, 0.717) is 22.3 Å². The normalized spacial score (nSPS) is 27.2. The number of halogens is 1. The van der Waals surface area contributed by atoms with Crippen molar-refractivity contribution in [3.8, 4) is 0 Å². The van der Waals surface area contributed by atoms with Gasteiger partial charge in [0.05, 0.1) is 12.7 Å². The number of aliphatic hydroxyl groups is 2. The van der Waals surface area contributed by atoms with E-state index in [2.05, 4.69) is 30.9 Å². The summed E-state index contributed by atoms with van der Waals surface area (Å²) >= 11 is 3.32. The first kappa shape index (κ1) is 12.7. The molecule has 1 aliphatic heterocycles. The molecule has 3 heterocycles. The van der Waals surface area contributed by atoms with Crippen molar-refractivity contribution < 1.29 is 14.9 Å². The van der Waals surface area contributed by atoms with Gasteiger partial charge < -0.3 is 20.7 Å². The Bertz CT molecular complexity index is 618. The second-order valence-corrected chi connectivity index (χ2v) is 5.01. The molecule has 1 saturated heterocycles. The number of ether oxygens (including phenoxy) is 1. The van der Waals surface area contributed by atoms with Crippen molar-refractivity contribution in [2.45, 2.75) is 24.9 Å². The molecule has 4 N–H and O–H groups in total. The SMILES string of the molecule is Nc1ncnc2c1nc([80Br])n2[C@H]1C[C@H](O)[C@@H](CO)O1. The molecule has 0 amide bonds. The number of nitrogens with two attached hydrogens (primary N) is 1. The second-order valence-electron chi connectivity index (χ2n) is 4.30. The molecule has 3 atom stereocenters. The standard InChI is InChI=1S/C10H12BrN5O3/c11-10-15-7-8(12)13-3-14-9(7)16(10)6-1-4(18)5(2-17)19-6/h3-6,17-18H,1-2H2,(H2,12,13,14)/t4-,5+,6+/m0/s1/i11+0. The number of nitrogen functional groups attached to an aromatic ring is 1. The lowest BCUT2D eigenvalue weighted by atomic mass is 10.2. The van der Waals surface area contributed by atoms with Gasteiger partial charge in [-0.15, -0.1) is 0 Å². The molecule has 0 spiro atoms. The third kappa shape index (κ3) is 1.98. The summed E-state index contributed by atoms with van der Waals surface area (Å²) in [4.78, 5) is 12.3. The number of anilines is 1. The molecule has 8 nitrogen and oxygen atoms in total. The van der Waals surface area contributed by atoms with E-state index in [1.807, 2.05) is 0 Å². The molecule has 0 saturated carbocycles. The van der Waals surface area contributed by atoms with Crippen LogP contribution in [-0.2, 0) is 4.74 Å². The summed E-state index contributed by atoms with van der Waals surface area (Å²) in [6, 6.07) is 0. The number of fused-ring (bicyclic) bond motifs is 1. The van der Waals surface area contributed by atoms with Crippen LogP contribution in [0, 0.1) is 0 Å². The quantitative estimate of drug-likeness (QED) is 0.653. The lowest BCUT2D eigenvalue weighted by Gasteiger charge is -2.14. The maximum Gasteiger partial charge on any atom is 0.181 e. The summed E-state index contributed by atoms with van der Waals surface area (Å²) in [5, 5.41) is 18.9. The van der Waals surface area contributed by atoms with E-state index in [4.69, 9.17) is 15.6 Å². The highest BCUT2D eigenvalue weighted by Crippen LogP contribution is 2.34. The summed E-state index contributed by atoms with van der Waals surface area (Å²) < 4.78 is 7.77. The Morgan fingerprint density at radius 1 is 1.53 bits per heavy atom. The summed E-state index contributed by atoms with van der Waals surface area (Å²) in [6.07, 6.45) is -0.0935. The molecule has 2 aromatic heterocycles. The Kier molecular flexibility index (Phi) is 3.13. The lowest BCUT2D eigenvalue weighted by molar-refractivity contribution is -0.0439. The zero-order chi connectivity index (χ0) is 13.6. The van der Waals surface area contributed by atoms with Gasteiger partial charge in [-0.05, 0) is 15.9 Å². The highest BCUT2D eigenvalue weighted by molar-refractivity contribution is 9.10. The smallest absolute Gasteiger partial charge is 0.181 e. The maximum absolute atomic E-state index is 9.78. The molecule has 102 valence electrons. The van der Waals surface area contributed by atoms with E-state index < -0.39 is 18.4 Å². The fourth-order valence-corrected chi connectivity index (χ4v) is 2.77. The van der Waals surface area contributed by atoms with E-state index >= 15 is 0 Å². The number of rotatable bonds is 2. The lowest BCUT2D eigenvalue weighted by Crippen LogP contribution is -2.24. The van der Waals surface area contributed by atoms with Crippen LogP contribution in [0.15, 0.2) is 11.1 Å². The number of aromatic nitrogens is 4. The molecular formula is C10H12BrN5O3. The Balaban J connectivity index is 2.06. The van der Waals surface area contributed by atoms with Gasteiger partial charge in [-0.25, -0.2) is 15.0 Å². The molecule has 0 aliphatic carbocycles. The van der Waals surface area contributed by atoms with E-state index in [-0.39, 0.29) is 12.4 Å². The fourth-order valence-electron chi connectivity index (χ4n) is 2.19. The van der Waals surface area contributed by atoms with Crippen LogP contribution >= 0.6 is 15.9 Å². The first-order valence-electron chi connectivity index (χ1n) is 5.70. The van der Waals surface area contributed by atoms with Gasteiger partial charge in [-0.3, -0.25) is 4.57 Å². The van der Waals surface area contributed by atoms with Crippen LogP contribution in [0.25, 0.3) is 11.2 Å². The van der Waals surface area contributed by atoms with Gasteiger partial charge in [0.2, 0.25) is 0 Å². The van der Waals surface area contributed by atoms with Gasteiger partial charge >= 0.3 is 0 Å². The molecule has 0 aromatic carbocycles. The number of hydrogen-bond acceptors (Lipinski definition) is 7. The summed E-state index contributed by atoms with van der Waals surface area (Å²) in [5.41, 5.74) is 6.74. The Morgan fingerprint density at radius 2 is 2.32 bits per heavy atom. The van der Waals surface area contributed by atoms with Crippen molar-refractivity contribution in [3.05, 3.63) is 11.1 Å². The minimum Gasteiger partial charge on any atom is -0.394 e. The van der Waals surface area contributed by atoms with Gasteiger partial charge in [0, 0.05) is 6.42 Å². The molecule has 19 heavy (non-hydrogen) atoms. The van der Waals surface area contributed by atoms with Crippen LogP contribution in [-0.4, -0.2) is 48.5 Å². The molecule has 0 unspecified atom stereocenters. The number of nitrogens with zero attached hydrogens (tertiary/aromatic N) is 4. The average molecular weight is 330 g/mol. The first-order valence-corrected chi connectivity index (χ1v) is 6.49. The van der Waals surface area contributed by atoms with Crippen LogP contribution in [0.4, 0.5) is 5.82 Å². The largest absolute Gasteiger partial charge is 0.394 e. The predicted molar refractivity (Wildman–Crippen MR) is 69.1 cm³/mol. The second kappa shape index (κ2) is 4.67. The van der Waals surface area contributed by atoms with Gasteiger partial charge in [0.25, 0.3) is 0 Å². The van der Waals surface area contributed by atoms with Crippen molar-refractivity contribution in [2.75, 3.05) is 12.3 Å². The topological polar surface area (TPSA) is 119 Å². The van der Waals surface area contributed by atoms with Crippen LogP contribution in [0.2, 0.25) is 0 Å². The fraction of sp³-hybridized carbons (Fsp3) is 0.500.